The van der Waals surface area contributed by atoms with Gasteiger partial charge in [-0.15, -0.1) is 0 Å². The van der Waals surface area contributed by atoms with Crippen molar-refractivity contribution >= 4 is 12.1 Å². The van der Waals surface area contributed by atoms with Crippen molar-refractivity contribution in [1.29, 1.82) is 0 Å². The highest BCUT2D eigenvalue weighted by molar-refractivity contribution is 5.73. The third kappa shape index (κ3) is 5.72. The summed E-state index contributed by atoms with van der Waals surface area (Å²) >= 11 is 0. The molecule has 0 aromatic heterocycles. The van der Waals surface area contributed by atoms with Gasteiger partial charge in [0.25, 0.3) is 0 Å². The second kappa shape index (κ2) is 11.7. The maximum absolute atomic E-state index is 12.6. The van der Waals surface area contributed by atoms with Crippen LogP contribution in [0.2, 0.25) is 0 Å². The second-order valence-electron chi connectivity index (χ2n) is 10.9. The van der Waals surface area contributed by atoms with E-state index in [4.69, 9.17) is 14.2 Å². The molecule has 1 N–H and O–H groups in total. The first-order chi connectivity index (χ1) is 17.3. The van der Waals surface area contributed by atoms with Gasteiger partial charge in [0.2, 0.25) is 0 Å². The molecular formula is C29H42N2O5. The molecule has 1 aromatic rings. The fourth-order valence-electron chi connectivity index (χ4n) is 5.59. The first-order valence-electron chi connectivity index (χ1n) is 13.7. The van der Waals surface area contributed by atoms with Crippen LogP contribution in [0, 0.1) is 5.92 Å². The lowest BCUT2D eigenvalue weighted by Gasteiger charge is -2.36. The summed E-state index contributed by atoms with van der Waals surface area (Å²) in [6, 6.07) is 3.91. The minimum atomic E-state index is -0.447. The summed E-state index contributed by atoms with van der Waals surface area (Å²) < 4.78 is 18.0. The molecule has 1 amide bonds. The fourth-order valence-corrected chi connectivity index (χ4v) is 5.59. The molecule has 3 aliphatic rings. The van der Waals surface area contributed by atoms with Gasteiger partial charge in [0.15, 0.2) is 11.5 Å². The second-order valence-corrected chi connectivity index (χ2v) is 10.9. The van der Waals surface area contributed by atoms with E-state index in [2.05, 4.69) is 36.3 Å². The SMILES string of the molecule is CCCCCCCCNC(=O)Oc1ccc2c3c1O[C@H]1C[C@@H](OC(=O)C(C)C)C=C[C@@]31CCN(C)C2. The van der Waals surface area contributed by atoms with Gasteiger partial charge in [-0.05, 0) is 44.1 Å². The number of benzene rings is 1. The molecular weight excluding hydrogens is 456 g/mol. The van der Waals surface area contributed by atoms with Gasteiger partial charge in [0.1, 0.15) is 12.2 Å². The largest absolute Gasteiger partial charge is 0.485 e. The van der Waals surface area contributed by atoms with Crippen LogP contribution in [-0.4, -0.2) is 49.3 Å². The number of carbonyl (C=O) groups excluding carboxylic acids is 2. The Hall–Kier alpha value is -2.54. The minimum Gasteiger partial charge on any atom is -0.485 e. The molecule has 2 heterocycles. The van der Waals surface area contributed by atoms with Gasteiger partial charge in [-0.2, -0.15) is 0 Å². The number of esters is 1. The van der Waals surface area contributed by atoms with E-state index >= 15 is 0 Å². The van der Waals surface area contributed by atoms with Crippen LogP contribution in [0.1, 0.15) is 83.3 Å². The van der Waals surface area contributed by atoms with Gasteiger partial charge in [-0.3, -0.25) is 4.79 Å². The molecule has 0 bridgehead atoms. The molecule has 7 heteroatoms. The molecule has 0 unspecified atom stereocenters. The Morgan fingerprint density at radius 2 is 1.97 bits per heavy atom. The van der Waals surface area contributed by atoms with Crippen LogP contribution >= 0.6 is 0 Å². The lowest BCUT2D eigenvalue weighted by Crippen LogP contribution is -2.44. The predicted molar refractivity (Wildman–Crippen MR) is 139 cm³/mol. The molecule has 36 heavy (non-hydrogen) atoms. The summed E-state index contributed by atoms with van der Waals surface area (Å²) in [5.41, 5.74) is 1.99. The minimum absolute atomic E-state index is 0.177. The van der Waals surface area contributed by atoms with Crippen LogP contribution in [0.15, 0.2) is 24.3 Å². The van der Waals surface area contributed by atoms with Crippen LogP contribution < -0.4 is 14.8 Å². The van der Waals surface area contributed by atoms with E-state index in [0.29, 0.717) is 24.5 Å². The Bertz CT molecular complexity index is 975. The average molecular weight is 499 g/mol. The van der Waals surface area contributed by atoms with Crippen molar-refractivity contribution in [2.24, 2.45) is 5.92 Å². The quantitative estimate of drug-likeness (QED) is 0.261. The average Bonchev–Trinajstić information content (AvgIpc) is 3.11. The van der Waals surface area contributed by atoms with E-state index in [1.807, 2.05) is 26.0 Å². The van der Waals surface area contributed by atoms with Crippen molar-refractivity contribution in [3.8, 4) is 11.5 Å². The monoisotopic (exact) mass is 498 g/mol. The molecule has 0 saturated carbocycles. The molecule has 0 saturated heterocycles. The highest BCUT2D eigenvalue weighted by Crippen LogP contribution is 2.56. The number of nitrogens with one attached hydrogen (secondary N) is 1. The molecule has 3 atom stereocenters. The van der Waals surface area contributed by atoms with Crippen molar-refractivity contribution in [2.45, 2.75) is 96.3 Å². The molecule has 1 spiro atoms. The lowest BCUT2D eigenvalue weighted by molar-refractivity contribution is -0.152. The summed E-state index contributed by atoms with van der Waals surface area (Å²) in [5.74, 6) is 0.729. The van der Waals surface area contributed by atoms with Gasteiger partial charge in [0.05, 0.1) is 11.3 Å². The van der Waals surface area contributed by atoms with Crippen LogP contribution in [0.5, 0.6) is 11.5 Å². The van der Waals surface area contributed by atoms with Crippen molar-refractivity contribution in [2.75, 3.05) is 20.1 Å². The van der Waals surface area contributed by atoms with E-state index in [1.54, 1.807) is 0 Å². The lowest BCUT2D eigenvalue weighted by atomic mass is 9.69. The number of nitrogens with zero attached hydrogens (tertiary/aromatic N) is 1. The Balaban J connectivity index is 1.48. The summed E-state index contributed by atoms with van der Waals surface area (Å²) in [5, 5.41) is 2.89. The number of unbranched alkanes of at least 4 members (excludes halogenated alkanes) is 5. The van der Waals surface area contributed by atoms with Gasteiger partial charge in [-0.1, -0.05) is 65.0 Å². The van der Waals surface area contributed by atoms with Gasteiger partial charge in [0, 0.05) is 25.1 Å². The Morgan fingerprint density at radius 1 is 1.19 bits per heavy atom. The van der Waals surface area contributed by atoms with Crippen molar-refractivity contribution in [1.82, 2.24) is 10.2 Å². The Morgan fingerprint density at radius 3 is 2.75 bits per heavy atom. The highest BCUT2D eigenvalue weighted by atomic mass is 16.6. The third-order valence-electron chi connectivity index (χ3n) is 7.65. The Kier molecular flexibility index (Phi) is 8.60. The topological polar surface area (TPSA) is 77.1 Å². The maximum atomic E-state index is 12.6. The number of hydrogen-bond donors (Lipinski definition) is 1. The summed E-state index contributed by atoms with van der Waals surface area (Å²) in [6.45, 7) is 8.23. The maximum Gasteiger partial charge on any atom is 0.412 e. The summed E-state index contributed by atoms with van der Waals surface area (Å²) in [7, 11) is 2.12. The van der Waals surface area contributed by atoms with E-state index in [0.717, 1.165) is 37.9 Å². The zero-order valence-electron chi connectivity index (χ0n) is 22.3. The van der Waals surface area contributed by atoms with Gasteiger partial charge in [-0.25, -0.2) is 4.79 Å². The third-order valence-corrected chi connectivity index (χ3v) is 7.65. The number of carbonyl (C=O) groups is 2. The van der Waals surface area contributed by atoms with E-state index < -0.39 is 6.09 Å². The smallest absolute Gasteiger partial charge is 0.412 e. The van der Waals surface area contributed by atoms with Crippen molar-refractivity contribution in [3.05, 3.63) is 35.4 Å². The normalized spacial score (nSPS) is 24.5. The molecule has 0 fully saturated rings. The van der Waals surface area contributed by atoms with Crippen LogP contribution in [0.4, 0.5) is 4.79 Å². The number of rotatable bonds is 10. The van der Waals surface area contributed by atoms with E-state index in [-0.39, 0.29) is 29.5 Å². The molecule has 0 radical (unpaired) electrons. The molecule has 4 rings (SSSR count). The van der Waals surface area contributed by atoms with Crippen LogP contribution in [0.3, 0.4) is 0 Å². The highest BCUT2D eigenvalue weighted by Gasteiger charge is 2.53. The van der Waals surface area contributed by atoms with Crippen molar-refractivity contribution in [3.63, 3.8) is 0 Å². The first kappa shape index (κ1) is 26.5. The fraction of sp³-hybridized carbons (Fsp3) is 0.655. The molecule has 1 aromatic carbocycles. The summed E-state index contributed by atoms with van der Waals surface area (Å²) in [6.07, 6.45) is 11.7. The van der Waals surface area contributed by atoms with Crippen molar-refractivity contribution < 1.29 is 23.8 Å². The van der Waals surface area contributed by atoms with E-state index in [1.165, 1.54) is 31.2 Å². The molecule has 7 nitrogen and oxygen atoms in total. The van der Waals surface area contributed by atoms with Gasteiger partial charge >= 0.3 is 12.1 Å². The number of ether oxygens (including phenoxy) is 3. The van der Waals surface area contributed by atoms with Crippen LogP contribution in [-0.2, 0) is 21.5 Å². The zero-order chi connectivity index (χ0) is 25.7. The number of hydrogen-bond acceptors (Lipinski definition) is 6. The Labute approximate surface area is 215 Å². The molecule has 2 aliphatic heterocycles. The summed E-state index contributed by atoms with van der Waals surface area (Å²) in [4.78, 5) is 27.1. The zero-order valence-corrected chi connectivity index (χ0v) is 22.3. The molecule has 1 aliphatic carbocycles. The number of amides is 1. The predicted octanol–water partition coefficient (Wildman–Crippen LogP) is 5.50. The van der Waals surface area contributed by atoms with Crippen LogP contribution in [0.25, 0.3) is 0 Å². The van der Waals surface area contributed by atoms with E-state index in [9.17, 15) is 9.59 Å². The van der Waals surface area contributed by atoms with Gasteiger partial charge < -0.3 is 24.4 Å². The standard InChI is InChI=1S/C29H42N2O5/c1-5-6-7-8-9-10-16-30-28(33)35-23-12-11-21-19-31(4)17-15-29-14-13-22(34-27(32)20(2)3)18-24(29)36-26(23)25(21)29/h11-14,20,22,24H,5-10,15-19H2,1-4H3,(H,30,33)/t22-,24-,29-/m0/s1. The first-order valence-corrected chi connectivity index (χ1v) is 13.7. The molecule has 198 valence electrons.